The Morgan fingerprint density at radius 3 is 2.77 bits per heavy atom. The fourth-order valence-electron chi connectivity index (χ4n) is 4.53. The number of nitrogens with zero attached hydrogens (tertiary/aromatic N) is 3. The molecule has 4 unspecified atom stereocenters. The molecule has 1 aliphatic carbocycles. The summed E-state index contributed by atoms with van der Waals surface area (Å²) in [5, 5.41) is 0. The summed E-state index contributed by atoms with van der Waals surface area (Å²) >= 11 is 0. The highest BCUT2D eigenvalue weighted by atomic mass is 16.2. The summed E-state index contributed by atoms with van der Waals surface area (Å²) in [6, 6.07) is 5.12. The minimum absolute atomic E-state index is 0.205. The molecule has 1 amide bonds. The molecule has 3 aliphatic rings. The summed E-state index contributed by atoms with van der Waals surface area (Å²) in [4.78, 5) is 21.8. The Hall–Kier alpha value is -1.42. The van der Waals surface area contributed by atoms with Gasteiger partial charge in [0.1, 0.15) is 0 Å². The number of carbonyl (C=O) groups excluding carboxylic acids is 1. The lowest BCUT2D eigenvalue weighted by Crippen LogP contribution is -2.47. The second-order valence-corrected chi connectivity index (χ2v) is 7.17. The van der Waals surface area contributed by atoms with Gasteiger partial charge in [-0.2, -0.15) is 0 Å². The molecule has 1 aromatic rings. The molecule has 118 valence electrons. The topological polar surface area (TPSA) is 36.4 Å². The van der Waals surface area contributed by atoms with E-state index in [-0.39, 0.29) is 5.92 Å². The standard InChI is InChI=1S/C18H25N3O/c1-20-9-3-6-16(20)17-7-4-10-21(17)18(22)15-11-14(15)13-5-2-8-19-12-13/h2,5,8,12,14-17H,3-4,6-7,9-11H2,1H3. The maximum Gasteiger partial charge on any atom is 0.226 e. The quantitative estimate of drug-likeness (QED) is 0.859. The zero-order valence-electron chi connectivity index (χ0n) is 13.3. The van der Waals surface area contributed by atoms with Gasteiger partial charge in [-0.1, -0.05) is 6.07 Å². The lowest BCUT2D eigenvalue weighted by Gasteiger charge is -2.33. The zero-order valence-corrected chi connectivity index (χ0v) is 13.3. The van der Waals surface area contributed by atoms with E-state index < -0.39 is 0 Å². The number of rotatable bonds is 3. The first-order valence-electron chi connectivity index (χ1n) is 8.66. The van der Waals surface area contributed by atoms with E-state index in [1.54, 1.807) is 6.20 Å². The van der Waals surface area contributed by atoms with Crippen molar-refractivity contribution < 1.29 is 4.79 Å². The van der Waals surface area contributed by atoms with E-state index in [0.717, 1.165) is 13.0 Å². The van der Waals surface area contributed by atoms with Crippen LogP contribution in [0.1, 0.15) is 43.6 Å². The van der Waals surface area contributed by atoms with Crippen LogP contribution in [0.2, 0.25) is 0 Å². The average molecular weight is 299 g/mol. The molecule has 3 heterocycles. The number of hydrogen-bond donors (Lipinski definition) is 0. The van der Waals surface area contributed by atoms with Gasteiger partial charge in [0.05, 0.1) is 0 Å². The minimum atomic E-state index is 0.205. The van der Waals surface area contributed by atoms with Crippen molar-refractivity contribution in [1.29, 1.82) is 0 Å². The lowest BCUT2D eigenvalue weighted by molar-refractivity contribution is -0.134. The number of hydrogen-bond acceptors (Lipinski definition) is 3. The van der Waals surface area contributed by atoms with E-state index in [0.29, 0.717) is 23.9 Å². The predicted octanol–water partition coefficient (Wildman–Crippen LogP) is 2.27. The van der Waals surface area contributed by atoms with Gasteiger partial charge in [0.25, 0.3) is 0 Å². The Kier molecular flexibility index (Phi) is 3.65. The van der Waals surface area contributed by atoms with Crippen molar-refractivity contribution in [3.8, 4) is 0 Å². The molecular weight excluding hydrogens is 274 g/mol. The third-order valence-electron chi connectivity index (χ3n) is 5.82. The monoisotopic (exact) mass is 299 g/mol. The van der Waals surface area contributed by atoms with Gasteiger partial charge in [-0.05, 0) is 63.2 Å². The Morgan fingerprint density at radius 2 is 2.05 bits per heavy atom. The number of aromatic nitrogens is 1. The van der Waals surface area contributed by atoms with E-state index in [2.05, 4.69) is 27.9 Å². The van der Waals surface area contributed by atoms with Crippen molar-refractivity contribution in [3.63, 3.8) is 0 Å². The van der Waals surface area contributed by atoms with Gasteiger partial charge in [0.15, 0.2) is 0 Å². The Bertz CT molecular complexity index is 547. The molecule has 0 radical (unpaired) electrons. The van der Waals surface area contributed by atoms with E-state index in [1.807, 2.05) is 12.3 Å². The summed E-state index contributed by atoms with van der Waals surface area (Å²) in [5.41, 5.74) is 1.23. The summed E-state index contributed by atoms with van der Waals surface area (Å²) in [5.74, 6) is 1.01. The van der Waals surface area contributed by atoms with Gasteiger partial charge < -0.3 is 9.80 Å². The predicted molar refractivity (Wildman–Crippen MR) is 85.5 cm³/mol. The van der Waals surface area contributed by atoms with Crippen molar-refractivity contribution in [1.82, 2.24) is 14.8 Å². The molecule has 22 heavy (non-hydrogen) atoms. The molecule has 3 fully saturated rings. The van der Waals surface area contributed by atoms with Crippen molar-refractivity contribution in [2.24, 2.45) is 5.92 Å². The van der Waals surface area contributed by atoms with Crippen LogP contribution in [0.3, 0.4) is 0 Å². The molecule has 4 rings (SSSR count). The summed E-state index contributed by atoms with van der Waals surface area (Å²) in [6.07, 6.45) is 9.62. The SMILES string of the molecule is CN1CCCC1C1CCCN1C(=O)C1CC1c1cccnc1. The van der Waals surface area contributed by atoms with Crippen molar-refractivity contribution in [2.45, 2.75) is 50.1 Å². The van der Waals surface area contributed by atoms with E-state index in [9.17, 15) is 4.79 Å². The van der Waals surface area contributed by atoms with Crippen LogP contribution in [-0.4, -0.2) is 52.9 Å². The smallest absolute Gasteiger partial charge is 0.226 e. The minimum Gasteiger partial charge on any atom is -0.338 e. The largest absolute Gasteiger partial charge is 0.338 e. The first kappa shape index (κ1) is 14.2. The lowest BCUT2D eigenvalue weighted by atomic mass is 10.0. The maximum absolute atomic E-state index is 13.0. The van der Waals surface area contributed by atoms with Gasteiger partial charge in [0.2, 0.25) is 5.91 Å². The Labute approximate surface area is 132 Å². The molecule has 1 aromatic heterocycles. The molecule has 1 saturated carbocycles. The van der Waals surface area contributed by atoms with Crippen LogP contribution < -0.4 is 0 Å². The number of likely N-dealkylation sites (tertiary alicyclic amines) is 2. The van der Waals surface area contributed by atoms with Gasteiger partial charge in [-0.3, -0.25) is 9.78 Å². The van der Waals surface area contributed by atoms with Crippen molar-refractivity contribution in [2.75, 3.05) is 20.1 Å². The highest BCUT2D eigenvalue weighted by Gasteiger charge is 2.49. The van der Waals surface area contributed by atoms with Crippen LogP contribution >= 0.6 is 0 Å². The van der Waals surface area contributed by atoms with Crippen LogP contribution in [0.25, 0.3) is 0 Å². The fourth-order valence-corrected chi connectivity index (χ4v) is 4.53. The normalized spacial score (nSPS) is 35.0. The molecule has 0 aromatic carbocycles. The van der Waals surface area contributed by atoms with E-state index in [4.69, 9.17) is 0 Å². The van der Waals surface area contributed by atoms with Crippen LogP contribution in [0.5, 0.6) is 0 Å². The van der Waals surface area contributed by atoms with Crippen LogP contribution in [0.4, 0.5) is 0 Å². The Morgan fingerprint density at radius 1 is 1.23 bits per heavy atom. The zero-order chi connectivity index (χ0) is 15.1. The summed E-state index contributed by atoms with van der Waals surface area (Å²) in [6.45, 7) is 2.15. The molecule has 2 saturated heterocycles. The molecule has 0 spiro atoms. The Balaban J connectivity index is 1.44. The number of likely N-dealkylation sites (N-methyl/N-ethyl adjacent to an activating group) is 1. The van der Waals surface area contributed by atoms with Crippen LogP contribution in [0, 0.1) is 5.92 Å². The van der Waals surface area contributed by atoms with Crippen molar-refractivity contribution in [3.05, 3.63) is 30.1 Å². The molecule has 0 N–H and O–H groups in total. The molecule has 4 nitrogen and oxygen atoms in total. The molecule has 2 aliphatic heterocycles. The fraction of sp³-hybridized carbons (Fsp3) is 0.667. The van der Waals surface area contributed by atoms with Crippen LogP contribution in [-0.2, 0) is 4.79 Å². The average Bonchev–Trinajstić information content (AvgIpc) is 3.00. The third kappa shape index (κ3) is 2.43. The summed E-state index contributed by atoms with van der Waals surface area (Å²) in [7, 11) is 2.22. The maximum atomic E-state index is 13.0. The third-order valence-corrected chi connectivity index (χ3v) is 5.82. The van der Waals surface area contributed by atoms with Gasteiger partial charge in [-0.25, -0.2) is 0 Å². The first-order chi connectivity index (χ1) is 10.8. The van der Waals surface area contributed by atoms with Crippen molar-refractivity contribution >= 4 is 5.91 Å². The number of carbonyl (C=O) groups is 1. The second-order valence-electron chi connectivity index (χ2n) is 7.17. The van der Waals surface area contributed by atoms with Crippen LogP contribution in [0.15, 0.2) is 24.5 Å². The highest BCUT2D eigenvalue weighted by molar-refractivity contribution is 5.83. The van der Waals surface area contributed by atoms with Gasteiger partial charge >= 0.3 is 0 Å². The summed E-state index contributed by atoms with van der Waals surface area (Å²) < 4.78 is 0. The second kappa shape index (κ2) is 5.65. The van der Waals surface area contributed by atoms with Gasteiger partial charge in [0, 0.05) is 36.9 Å². The van der Waals surface area contributed by atoms with Gasteiger partial charge in [-0.15, -0.1) is 0 Å². The molecule has 0 bridgehead atoms. The molecule has 4 atom stereocenters. The molecular formula is C18H25N3O. The number of amides is 1. The number of pyridine rings is 1. The van der Waals surface area contributed by atoms with E-state index in [1.165, 1.54) is 37.8 Å². The van der Waals surface area contributed by atoms with E-state index >= 15 is 0 Å². The highest BCUT2D eigenvalue weighted by Crippen LogP contribution is 2.49. The first-order valence-corrected chi connectivity index (χ1v) is 8.66. The molecule has 4 heteroatoms.